The molecule has 2 fully saturated rings. The molecule has 2 aliphatic rings. The van der Waals surface area contributed by atoms with Gasteiger partial charge in [-0.2, -0.15) is 19.6 Å². The normalized spacial score (nSPS) is 19.8. The van der Waals surface area contributed by atoms with Gasteiger partial charge in [-0.1, -0.05) is 12.8 Å². The van der Waals surface area contributed by atoms with Crippen molar-refractivity contribution in [2.45, 2.75) is 61.9 Å². The fourth-order valence-corrected chi connectivity index (χ4v) is 5.75. The van der Waals surface area contributed by atoms with Gasteiger partial charge in [0.25, 0.3) is 0 Å². The van der Waals surface area contributed by atoms with E-state index in [9.17, 15) is 13.7 Å². The first kappa shape index (κ1) is 21.5. The minimum atomic E-state index is -3.53. The molecule has 2 aromatic heterocycles. The van der Waals surface area contributed by atoms with Gasteiger partial charge in [0, 0.05) is 37.9 Å². The summed E-state index contributed by atoms with van der Waals surface area (Å²) >= 11 is 0. The Bertz CT molecular complexity index is 1080. The van der Waals surface area contributed by atoms with E-state index >= 15 is 0 Å². The lowest BCUT2D eigenvalue weighted by molar-refractivity contribution is 0.329. The van der Waals surface area contributed by atoms with Gasteiger partial charge in [0.15, 0.2) is 0 Å². The summed E-state index contributed by atoms with van der Waals surface area (Å²) in [6, 6.07) is 2.22. The van der Waals surface area contributed by atoms with Crippen LogP contribution in [0.5, 0.6) is 0 Å². The van der Waals surface area contributed by atoms with E-state index < -0.39 is 10.0 Å². The SMILES string of the molecule is Cn1cc(S(=O)(=O)N2CCC(Nc3ncc(C#N)c(NC4(C)CCCC4)n3)CC2)cn1. The highest BCUT2D eigenvalue weighted by Gasteiger charge is 2.32. The lowest BCUT2D eigenvalue weighted by Gasteiger charge is -2.31. The molecule has 11 heteroatoms. The van der Waals surface area contributed by atoms with Crippen molar-refractivity contribution in [1.82, 2.24) is 24.1 Å². The second-order valence-electron chi connectivity index (χ2n) is 8.63. The van der Waals surface area contributed by atoms with Crippen LogP contribution < -0.4 is 10.6 Å². The zero-order valence-corrected chi connectivity index (χ0v) is 18.7. The molecule has 2 aromatic rings. The number of anilines is 2. The molecule has 0 aromatic carbocycles. The monoisotopic (exact) mass is 444 g/mol. The van der Waals surface area contributed by atoms with Gasteiger partial charge in [-0.3, -0.25) is 4.68 Å². The molecule has 4 rings (SSSR count). The van der Waals surface area contributed by atoms with Crippen LogP contribution in [0.25, 0.3) is 0 Å². The largest absolute Gasteiger partial charge is 0.364 e. The number of nitrogens with zero attached hydrogens (tertiary/aromatic N) is 6. The van der Waals surface area contributed by atoms with E-state index in [-0.39, 0.29) is 16.5 Å². The Kier molecular flexibility index (Phi) is 5.85. The molecular weight excluding hydrogens is 416 g/mol. The van der Waals surface area contributed by atoms with Crippen LogP contribution in [-0.4, -0.2) is 57.1 Å². The zero-order valence-electron chi connectivity index (χ0n) is 17.9. The topological polar surface area (TPSA) is 129 Å². The lowest BCUT2D eigenvalue weighted by Crippen LogP contribution is -2.42. The van der Waals surface area contributed by atoms with Gasteiger partial charge in [-0.15, -0.1) is 0 Å². The van der Waals surface area contributed by atoms with E-state index in [1.54, 1.807) is 7.05 Å². The first-order chi connectivity index (χ1) is 14.8. The maximum Gasteiger partial charge on any atom is 0.246 e. The Balaban J connectivity index is 1.40. The van der Waals surface area contributed by atoms with Crippen molar-refractivity contribution in [2.75, 3.05) is 23.7 Å². The number of rotatable bonds is 6. The number of piperidine rings is 1. The molecule has 1 aliphatic heterocycles. The van der Waals surface area contributed by atoms with Gasteiger partial charge in [-0.25, -0.2) is 13.4 Å². The predicted octanol–water partition coefficient (Wildman–Crippen LogP) is 2.09. The smallest absolute Gasteiger partial charge is 0.246 e. The highest BCUT2D eigenvalue weighted by atomic mass is 32.2. The van der Waals surface area contributed by atoms with Crippen LogP contribution >= 0.6 is 0 Å². The molecule has 1 saturated carbocycles. The summed E-state index contributed by atoms with van der Waals surface area (Å²) in [4.78, 5) is 9.07. The van der Waals surface area contributed by atoms with E-state index in [4.69, 9.17) is 0 Å². The van der Waals surface area contributed by atoms with Crippen LogP contribution in [0.1, 0.15) is 51.0 Å². The summed E-state index contributed by atoms with van der Waals surface area (Å²) in [7, 11) is -1.83. The molecule has 1 saturated heterocycles. The van der Waals surface area contributed by atoms with E-state index in [2.05, 4.69) is 38.7 Å². The van der Waals surface area contributed by atoms with Crippen molar-refractivity contribution in [3.05, 3.63) is 24.2 Å². The highest BCUT2D eigenvalue weighted by Crippen LogP contribution is 2.33. The summed E-state index contributed by atoms with van der Waals surface area (Å²) in [5, 5.41) is 20.2. The van der Waals surface area contributed by atoms with E-state index in [0.717, 1.165) is 12.8 Å². The van der Waals surface area contributed by atoms with Crippen molar-refractivity contribution in [1.29, 1.82) is 5.26 Å². The van der Waals surface area contributed by atoms with Crippen LogP contribution in [0, 0.1) is 11.3 Å². The number of nitriles is 1. The van der Waals surface area contributed by atoms with Gasteiger partial charge >= 0.3 is 0 Å². The third kappa shape index (κ3) is 4.65. The lowest BCUT2D eigenvalue weighted by atomic mass is 10.0. The van der Waals surface area contributed by atoms with Crippen molar-refractivity contribution >= 4 is 21.8 Å². The molecule has 10 nitrogen and oxygen atoms in total. The quantitative estimate of drug-likeness (QED) is 0.693. The average molecular weight is 445 g/mol. The second-order valence-corrected chi connectivity index (χ2v) is 10.6. The third-order valence-corrected chi connectivity index (χ3v) is 7.99. The Hall–Kier alpha value is -2.71. The molecular formula is C20H28N8O2S. The Morgan fingerprint density at radius 2 is 1.94 bits per heavy atom. The standard InChI is InChI=1S/C20H28N8O2S/c1-20(7-3-4-8-20)26-18-15(11-21)12-22-19(25-18)24-16-5-9-28(10-6-16)31(29,30)17-13-23-27(2)14-17/h12-14,16H,3-10H2,1-2H3,(H2,22,24,25,26). The predicted molar refractivity (Wildman–Crippen MR) is 116 cm³/mol. The molecule has 0 unspecified atom stereocenters. The summed E-state index contributed by atoms with van der Waals surface area (Å²) in [5.41, 5.74) is 0.375. The fraction of sp³-hybridized carbons (Fsp3) is 0.600. The number of sulfonamides is 1. The molecule has 31 heavy (non-hydrogen) atoms. The summed E-state index contributed by atoms with van der Waals surface area (Å²) in [6.07, 6.45) is 10.2. The van der Waals surface area contributed by atoms with Crippen molar-refractivity contribution in [3.8, 4) is 6.07 Å². The molecule has 3 heterocycles. The van der Waals surface area contributed by atoms with Crippen LogP contribution in [0.3, 0.4) is 0 Å². The first-order valence-electron chi connectivity index (χ1n) is 10.6. The summed E-state index contributed by atoms with van der Waals surface area (Å²) < 4.78 is 28.5. The number of nitrogens with one attached hydrogen (secondary N) is 2. The van der Waals surface area contributed by atoms with Crippen LogP contribution in [0.4, 0.5) is 11.8 Å². The molecule has 0 amide bonds. The first-order valence-corrected chi connectivity index (χ1v) is 12.0. The zero-order chi connectivity index (χ0) is 22.1. The summed E-state index contributed by atoms with van der Waals surface area (Å²) in [6.45, 7) is 2.98. The van der Waals surface area contributed by atoms with Gasteiger partial charge in [0.1, 0.15) is 22.3 Å². The molecule has 1 aliphatic carbocycles. The Morgan fingerprint density at radius 1 is 1.23 bits per heavy atom. The van der Waals surface area contributed by atoms with Gasteiger partial charge < -0.3 is 10.6 Å². The van der Waals surface area contributed by atoms with Crippen LogP contribution in [-0.2, 0) is 17.1 Å². The van der Waals surface area contributed by atoms with Crippen molar-refractivity contribution in [3.63, 3.8) is 0 Å². The molecule has 0 radical (unpaired) electrons. The Morgan fingerprint density at radius 3 is 2.55 bits per heavy atom. The number of hydrogen-bond donors (Lipinski definition) is 2. The molecule has 0 atom stereocenters. The van der Waals surface area contributed by atoms with E-state index in [0.29, 0.717) is 43.3 Å². The Labute approximate surface area is 182 Å². The molecule has 0 spiro atoms. The van der Waals surface area contributed by atoms with Crippen molar-refractivity contribution in [2.24, 2.45) is 7.05 Å². The maximum absolute atomic E-state index is 12.8. The molecule has 0 bridgehead atoms. The van der Waals surface area contributed by atoms with Gasteiger partial charge in [-0.05, 0) is 32.6 Å². The molecule has 166 valence electrons. The average Bonchev–Trinajstić information content (AvgIpc) is 3.37. The third-order valence-electron chi connectivity index (χ3n) is 6.14. The number of aromatic nitrogens is 4. The highest BCUT2D eigenvalue weighted by molar-refractivity contribution is 7.89. The van der Waals surface area contributed by atoms with Crippen LogP contribution in [0.15, 0.2) is 23.5 Å². The fourth-order valence-electron chi connectivity index (χ4n) is 4.30. The number of hydrogen-bond acceptors (Lipinski definition) is 8. The van der Waals surface area contributed by atoms with Crippen molar-refractivity contribution < 1.29 is 8.42 Å². The number of aryl methyl sites for hydroxylation is 1. The second kappa shape index (κ2) is 8.43. The summed E-state index contributed by atoms with van der Waals surface area (Å²) in [5.74, 6) is 1.01. The van der Waals surface area contributed by atoms with Gasteiger partial charge in [0.2, 0.25) is 16.0 Å². The minimum absolute atomic E-state index is 0.0524. The maximum atomic E-state index is 12.8. The van der Waals surface area contributed by atoms with Gasteiger partial charge in [0.05, 0.1) is 12.4 Å². The molecule has 2 N–H and O–H groups in total. The van der Waals surface area contributed by atoms with E-state index in [1.165, 1.54) is 40.4 Å². The van der Waals surface area contributed by atoms with Crippen LogP contribution in [0.2, 0.25) is 0 Å². The minimum Gasteiger partial charge on any atom is -0.364 e. The van der Waals surface area contributed by atoms with E-state index in [1.807, 2.05) is 0 Å².